The fraction of sp³-hybridized carbons (Fsp3) is 0.320. The van der Waals surface area contributed by atoms with Crippen molar-refractivity contribution in [2.75, 3.05) is 9.80 Å². The minimum Gasteiger partial charge on any atom is -0.353 e. The quantitative estimate of drug-likeness (QED) is 0.723. The maximum Gasteiger partial charge on any atom is 0.240 e. The van der Waals surface area contributed by atoms with Crippen LogP contribution in [0.2, 0.25) is 0 Å². The number of aryl methyl sites for hydroxylation is 3. The number of hydrogen-bond acceptors (Lipinski definition) is 4. The van der Waals surface area contributed by atoms with Crippen LogP contribution in [0.25, 0.3) is 6.08 Å². The molecule has 5 heteroatoms. The number of anilines is 2. The molecule has 0 aliphatic carbocycles. The number of para-hydroxylation sites is 1. The Balaban J connectivity index is 1.65. The summed E-state index contributed by atoms with van der Waals surface area (Å²) in [6.45, 7) is 7.36. The molecule has 2 aromatic rings. The first-order chi connectivity index (χ1) is 14.3. The predicted octanol–water partition coefficient (Wildman–Crippen LogP) is 3.59. The summed E-state index contributed by atoms with van der Waals surface area (Å²) in [7, 11) is 0. The molecule has 0 aromatic heterocycles. The Morgan fingerprint density at radius 1 is 0.933 bits per heavy atom. The summed E-state index contributed by atoms with van der Waals surface area (Å²) in [5.74, 6) is -1.79. The van der Waals surface area contributed by atoms with Crippen LogP contribution in [0.3, 0.4) is 0 Å². The first-order valence-electron chi connectivity index (χ1n) is 10.3. The van der Waals surface area contributed by atoms with E-state index in [0.717, 1.165) is 27.9 Å². The van der Waals surface area contributed by atoms with Crippen molar-refractivity contribution in [3.8, 4) is 0 Å². The lowest BCUT2D eigenvalue weighted by Crippen LogP contribution is -2.48. The summed E-state index contributed by atoms with van der Waals surface area (Å²) >= 11 is 0. The second-order valence-corrected chi connectivity index (χ2v) is 8.68. The third-order valence-electron chi connectivity index (χ3n) is 6.74. The minimum absolute atomic E-state index is 0.0844. The van der Waals surface area contributed by atoms with Gasteiger partial charge in [0.05, 0.1) is 23.6 Å². The van der Waals surface area contributed by atoms with Crippen molar-refractivity contribution in [2.45, 2.75) is 39.8 Å². The number of fused-ring (bicyclic) bond motifs is 5. The summed E-state index contributed by atoms with van der Waals surface area (Å²) in [4.78, 5) is 43.4. The Labute approximate surface area is 176 Å². The minimum atomic E-state index is -0.670. The first-order valence-corrected chi connectivity index (χ1v) is 10.3. The molecule has 0 radical (unpaired) electrons. The summed E-state index contributed by atoms with van der Waals surface area (Å²) in [6, 6.07) is 10.9. The fourth-order valence-corrected chi connectivity index (χ4v) is 5.53. The van der Waals surface area contributed by atoms with Crippen LogP contribution in [-0.4, -0.2) is 29.7 Å². The van der Waals surface area contributed by atoms with Crippen LogP contribution in [0.15, 0.2) is 42.5 Å². The van der Waals surface area contributed by atoms with Crippen molar-refractivity contribution < 1.29 is 14.4 Å². The number of hydrogen-bond donors (Lipinski definition) is 0. The van der Waals surface area contributed by atoms with Crippen molar-refractivity contribution in [3.63, 3.8) is 0 Å². The Bertz CT molecular complexity index is 1130. The average molecular weight is 400 g/mol. The normalized spacial score (nSPS) is 26.7. The molecule has 2 aromatic carbocycles. The van der Waals surface area contributed by atoms with Crippen molar-refractivity contribution in [2.24, 2.45) is 11.8 Å². The summed E-state index contributed by atoms with van der Waals surface area (Å²) in [5.41, 5.74) is 5.49. The van der Waals surface area contributed by atoms with Gasteiger partial charge in [0.1, 0.15) is 6.04 Å². The fourth-order valence-electron chi connectivity index (χ4n) is 5.53. The molecule has 3 heterocycles. The molecule has 30 heavy (non-hydrogen) atoms. The molecule has 0 N–H and O–H groups in total. The molecule has 0 spiro atoms. The Kier molecular flexibility index (Phi) is 4.01. The summed E-state index contributed by atoms with van der Waals surface area (Å²) in [6.07, 6.45) is 4.00. The Hall–Kier alpha value is -3.21. The van der Waals surface area contributed by atoms with E-state index >= 15 is 0 Å². The zero-order valence-electron chi connectivity index (χ0n) is 17.5. The van der Waals surface area contributed by atoms with E-state index < -0.39 is 17.9 Å². The molecule has 0 saturated carbocycles. The second kappa shape index (κ2) is 6.39. The number of Topliss-reactive ketones (excluding diaryl/α,β-unsaturated/α-hetero) is 1. The standard InChI is InChI=1S/C25H24N2O3/c1-13-8-10-18-17(12-13)9-11-19-20-21(23(16(4)28)26(18)19)25(30)27(24(20)29)22-14(2)6-5-7-15(22)3/h5-12,19-21,23H,1-4H3/t19-,20+,21-,23-/m0/s1. The maximum absolute atomic E-state index is 13.6. The molecule has 2 saturated heterocycles. The first kappa shape index (κ1) is 18.8. The molecule has 3 aliphatic rings. The van der Waals surface area contributed by atoms with Gasteiger partial charge in [-0.25, -0.2) is 4.90 Å². The van der Waals surface area contributed by atoms with E-state index in [0.29, 0.717) is 5.69 Å². The topological polar surface area (TPSA) is 57.7 Å². The SMILES string of the molecule is CC(=O)[C@H]1[C@H]2C(=O)N(c3c(C)cccc3C)C(=O)[C@@H]2[C@@H]2C=Cc3cc(C)ccc3N21. The van der Waals surface area contributed by atoms with Gasteiger partial charge in [0.25, 0.3) is 0 Å². The Morgan fingerprint density at radius 2 is 1.60 bits per heavy atom. The highest BCUT2D eigenvalue weighted by Crippen LogP contribution is 2.50. The summed E-state index contributed by atoms with van der Waals surface area (Å²) in [5, 5.41) is 0. The highest BCUT2D eigenvalue weighted by molar-refractivity contribution is 6.25. The van der Waals surface area contributed by atoms with Gasteiger partial charge in [0.2, 0.25) is 11.8 Å². The van der Waals surface area contributed by atoms with E-state index in [4.69, 9.17) is 0 Å². The van der Waals surface area contributed by atoms with Gasteiger partial charge in [-0.1, -0.05) is 42.0 Å². The monoisotopic (exact) mass is 400 g/mol. The zero-order valence-corrected chi connectivity index (χ0v) is 17.5. The molecular formula is C25H24N2O3. The summed E-state index contributed by atoms with van der Waals surface area (Å²) < 4.78 is 0. The second-order valence-electron chi connectivity index (χ2n) is 8.68. The van der Waals surface area contributed by atoms with Crippen LogP contribution >= 0.6 is 0 Å². The van der Waals surface area contributed by atoms with E-state index in [2.05, 4.69) is 6.07 Å². The van der Waals surface area contributed by atoms with Gasteiger partial charge < -0.3 is 4.90 Å². The van der Waals surface area contributed by atoms with Gasteiger partial charge in [-0.15, -0.1) is 0 Å². The van der Waals surface area contributed by atoms with Crippen molar-refractivity contribution in [1.29, 1.82) is 0 Å². The average Bonchev–Trinajstić information content (AvgIpc) is 3.16. The van der Waals surface area contributed by atoms with Crippen molar-refractivity contribution in [1.82, 2.24) is 0 Å². The number of carbonyl (C=O) groups is 3. The lowest BCUT2D eigenvalue weighted by Gasteiger charge is -2.36. The highest BCUT2D eigenvalue weighted by atomic mass is 16.2. The third-order valence-corrected chi connectivity index (χ3v) is 6.74. The van der Waals surface area contributed by atoms with Gasteiger partial charge in [-0.05, 0) is 56.5 Å². The number of benzene rings is 2. The Morgan fingerprint density at radius 3 is 2.27 bits per heavy atom. The van der Waals surface area contributed by atoms with Crippen LogP contribution in [0.5, 0.6) is 0 Å². The largest absolute Gasteiger partial charge is 0.353 e. The van der Waals surface area contributed by atoms with E-state index in [1.165, 1.54) is 11.8 Å². The van der Waals surface area contributed by atoms with Crippen LogP contribution in [0.1, 0.15) is 29.2 Å². The van der Waals surface area contributed by atoms with Crippen molar-refractivity contribution in [3.05, 3.63) is 64.7 Å². The number of amides is 2. The van der Waals surface area contributed by atoms with Crippen LogP contribution in [-0.2, 0) is 14.4 Å². The highest BCUT2D eigenvalue weighted by Gasteiger charge is 2.63. The van der Waals surface area contributed by atoms with E-state index in [1.807, 2.05) is 68.2 Å². The molecule has 2 amide bonds. The molecule has 5 nitrogen and oxygen atoms in total. The molecule has 3 aliphatic heterocycles. The molecule has 152 valence electrons. The van der Waals surface area contributed by atoms with Gasteiger partial charge >= 0.3 is 0 Å². The maximum atomic E-state index is 13.6. The molecule has 4 atom stereocenters. The van der Waals surface area contributed by atoms with Gasteiger partial charge in [0, 0.05) is 5.69 Å². The number of ketones is 1. The van der Waals surface area contributed by atoms with Crippen molar-refractivity contribution >= 4 is 35.0 Å². The number of imide groups is 1. The van der Waals surface area contributed by atoms with Gasteiger partial charge in [0.15, 0.2) is 5.78 Å². The smallest absolute Gasteiger partial charge is 0.240 e. The lowest BCUT2D eigenvalue weighted by molar-refractivity contribution is -0.126. The molecule has 5 rings (SSSR count). The van der Waals surface area contributed by atoms with Crippen LogP contribution in [0.4, 0.5) is 11.4 Å². The molecule has 2 fully saturated rings. The molecular weight excluding hydrogens is 376 g/mol. The zero-order chi connectivity index (χ0) is 21.3. The van der Waals surface area contributed by atoms with E-state index in [-0.39, 0.29) is 23.6 Å². The van der Waals surface area contributed by atoms with E-state index in [1.54, 1.807) is 0 Å². The van der Waals surface area contributed by atoms with E-state index in [9.17, 15) is 14.4 Å². The predicted molar refractivity (Wildman–Crippen MR) is 116 cm³/mol. The van der Waals surface area contributed by atoms with Crippen LogP contribution in [0, 0.1) is 32.6 Å². The van der Waals surface area contributed by atoms with Gasteiger partial charge in [-0.2, -0.15) is 0 Å². The number of nitrogens with zero attached hydrogens (tertiary/aromatic N) is 2. The molecule has 0 bridgehead atoms. The molecule has 0 unspecified atom stereocenters. The lowest BCUT2D eigenvalue weighted by atomic mass is 9.88. The third kappa shape index (κ3) is 2.38. The van der Waals surface area contributed by atoms with Gasteiger partial charge in [-0.3, -0.25) is 14.4 Å². The number of carbonyl (C=O) groups excluding carboxylic acids is 3. The number of rotatable bonds is 2. The van der Waals surface area contributed by atoms with Crippen LogP contribution < -0.4 is 9.80 Å².